The summed E-state index contributed by atoms with van der Waals surface area (Å²) in [5.41, 5.74) is 0.637. The molecule has 4 rings (SSSR count). The van der Waals surface area contributed by atoms with Crippen LogP contribution in [0.2, 0.25) is 5.02 Å². The molecule has 3 heterocycles. The number of ether oxygens (including phenoxy) is 2. The number of hydrogen-bond acceptors (Lipinski definition) is 9. The maximum Gasteiger partial charge on any atom is 0.338 e. The topological polar surface area (TPSA) is 113 Å². The number of benzene rings is 1. The van der Waals surface area contributed by atoms with Gasteiger partial charge in [-0.1, -0.05) is 17.7 Å². The first-order valence-electron chi connectivity index (χ1n) is 11.6. The molecule has 9 nitrogen and oxygen atoms in total. The monoisotopic (exact) mass is 572 g/mol. The van der Waals surface area contributed by atoms with Gasteiger partial charge in [-0.25, -0.2) is 27.7 Å². The summed E-state index contributed by atoms with van der Waals surface area (Å²) >= 11 is 7.62. The minimum atomic E-state index is -3.33. The zero-order valence-electron chi connectivity index (χ0n) is 20.1. The van der Waals surface area contributed by atoms with Crippen LogP contribution in [0.3, 0.4) is 0 Å². The van der Waals surface area contributed by atoms with E-state index in [1.807, 2.05) is 0 Å². The number of aliphatic carboxylic acids is 1. The lowest BCUT2D eigenvalue weighted by atomic mass is 9.94. The molecule has 0 bridgehead atoms. The van der Waals surface area contributed by atoms with Gasteiger partial charge >= 0.3 is 11.9 Å². The van der Waals surface area contributed by atoms with Crippen LogP contribution >= 0.6 is 22.9 Å². The average Bonchev–Trinajstić information content (AvgIpc) is 3.38. The normalized spacial score (nSPS) is 21.6. The number of rotatable bonds is 9. The third-order valence-electron chi connectivity index (χ3n) is 5.92. The van der Waals surface area contributed by atoms with Crippen LogP contribution in [-0.2, 0) is 19.1 Å². The van der Waals surface area contributed by atoms with Crippen molar-refractivity contribution in [1.82, 2.24) is 15.2 Å². The average molecular weight is 573 g/mol. The van der Waals surface area contributed by atoms with Crippen LogP contribution in [0.25, 0.3) is 0 Å². The number of carbonyl (C=O) groups is 2. The minimum Gasteiger partial charge on any atom is -0.480 e. The van der Waals surface area contributed by atoms with Crippen molar-refractivity contribution in [3.05, 3.63) is 62.5 Å². The SMILES string of the molecule is CCOC(=O)C1=C(CN2CCC(OCC(=O)O)C(F)(F)C2)NC(c2nccs2)=N[C@H]1c1ccc(F)cc1Cl. The molecule has 1 aromatic heterocycles. The molecule has 0 radical (unpaired) electrons. The van der Waals surface area contributed by atoms with Gasteiger partial charge in [0.05, 0.1) is 18.7 Å². The summed E-state index contributed by atoms with van der Waals surface area (Å²) in [7, 11) is 0. The number of nitrogens with zero attached hydrogens (tertiary/aromatic N) is 3. The zero-order chi connectivity index (χ0) is 27.4. The second-order valence-corrected chi connectivity index (χ2v) is 9.88. The van der Waals surface area contributed by atoms with Gasteiger partial charge in [-0.15, -0.1) is 11.3 Å². The molecule has 38 heavy (non-hydrogen) atoms. The van der Waals surface area contributed by atoms with E-state index in [0.29, 0.717) is 16.4 Å². The van der Waals surface area contributed by atoms with Crippen LogP contribution in [-0.4, -0.2) is 77.6 Å². The molecular formula is C24H24ClF3N4O5S. The maximum atomic E-state index is 14.9. The van der Waals surface area contributed by atoms with E-state index in [1.54, 1.807) is 18.5 Å². The van der Waals surface area contributed by atoms with Crippen molar-refractivity contribution in [3.8, 4) is 0 Å². The molecule has 0 saturated carbocycles. The maximum absolute atomic E-state index is 14.9. The molecule has 2 aliphatic heterocycles. The molecule has 1 aromatic carbocycles. The molecular weight excluding hydrogens is 549 g/mol. The Kier molecular flexibility index (Phi) is 8.71. The lowest BCUT2D eigenvalue weighted by Crippen LogP contribution is -2.54. The number of amidine groups is 1. The van der Waals surface area contributed by atoms with Crippen LogP contribution in [0, 0.1) is 5.82 Å². The molecule has 14 heteroatoms. The Morgan fingerprint density at radius 3 is 2.79 bits per heavy atom. The van der Waals surface area contributed by atoms with Gasteiger partial charge in [0.25, 0.3) is 5.92 Å². The highest BCUT2D eigenvalue weighted by atomic mass is 35.5. The molecule has 2 atom stereocenters. The van der Waals surface area contributed by atoms with Crippen LogP contribution in [0.5, 0.6) is 0 Å². The van der Waals surface area contributed by atoms with Crippen LogP contribution < -0.4 is 5.32 Å². The Morgan fingerprint density at radius 2 is 2.16 bits per heavy atom. The molecule has 1 unspecified atom stereocenters. The number of nitrogens with one attached hydrogen (secondary N) is 1. The number of carboxylic acids is 1. The van der Waals surface area contributed by atoms with Crippen molar-refractivity contribution in [2.45, 2.75) is 31.4 Å². The standard InChI is InChI=1S/C24H24ClF3N4O5S/c1-2-36-23(35)19-16(10-32-7-5-17(24(27,28)12-32)37-11-18(33)34)30-21(22-29-6-8-38-22)31-20(19)14-4-3-13(26)9-15(14)25/h3-4,6,8-9,17,20H,2,5,7,10-12H2,1H3,(H,30,31)(H,33,34)/t17?,20-/m0/s1. The van der Waals surface area contributed by atoms with Crippen molar-refractivity contribution in [3.63, 3.8) is 0 Å². The largest absolute Gasteiger partial charge is 0.480 e. The summed E-state index contributed by atoms with van der Waals surface area (Å²) in [4.78, 5) is 34.3. The number of thiazole rings is 1. The number of aromatic nitrogens is 1. The van der Waals surface area contributed by atoms with E-state index in [0.717, 1.165) is 6.07 Å². The summed E-state index contributed by atoms with van der Waals surface area (Å²) in [6.07, 6.45) is -0.106. The lowest BCUT2D eigenvalue weighted by molar-refractivity contribution is -0.180. The highest BCUT2D eigenvalue weighted by molar-refractivity contribution is 7.11. The van der Waals surface area contributed by atoms with Gasteiger partial charge in [0.2, 0.25) is 0 Å². The van der Waals surface area contributed by atoms with Gasteiger partial charge in [0.15, 0.2) is 10.8 Å². The van der Waals surface area contributed by atoms with Gasteiger partial charge in [0.1, 0.15) is 24.6 Å². The molecule has 2 aromatic rings. The summed E-state index contributed by atoms with van der Waals surface area (Å²) < 4.78 is 53.7. The number of alkyl halides is 2. The number of likely N-dealkylation sites (tertiary alicyclic amines) is 1. The van der Waals surface area contributed by atoms with Gasteiger partial charge in [0, 0.05) is 40.9 Å². The Bertz CT molecular complexity index is 1260. The number of hydrogen-bond donors (Lipinski definition) is 2. The molecule has 204 valence electrons. The van der Waals surface area contributed by atoms with Crippen molar-refractivity contribution >= 4 is 40.7 Å². The van der Waals surface area contributed by atoms with E-state index in [2.05, 4.69) is 15.3 Å². The van der Waals surface area contributed by atoms with Crippen molar-refractivity contribution in [1.29, 1.82) is 0 Å². The molecule has 1 saturated heterocycles. The van der Waals surface area contributed by atoms with E-state index in [-0.39, 0.29) is 42.4 Å². The van der Waals surface area contributed by atoms with Crippen molar-refractivity contribution in [2.75, 3.05) is 32.8 Å². The fourth-order valence-electron chi connectivity index (χ4n) is 4.29. The molecule has 2 aliphatic rings. The van der Waals surface area contributed by atoms with Gasteiger partial charge in [-0.2, -0.15) is 0 Å². The lowest BCUT2D eigenvalue weighted by Gasteiger charge is -2.39. The highest BCUT2D eigenvalue weighted by Crippen LogP contribution is 2.38. The molecule has 0 aliphatic carbocycles. The van der Waals surface area contributed by atoms with E-state index in [9.17, 15) is 22.8 Å². The first kappa shape index (κ1) is 28.0. The first-order chi connectivity index (χ1) is 18.1. The third kappa shape index (κ3) is 6.34. The summed E-state index contributed by atoms with van der Waals surface area (Å²) in [6, 6.07) is 2.68. The van der Waals surface area contributed by atoms with Crippen molar-refractivity contribution in [2.24, 2.45) is 4.99 Å². The minimum absolute atomic E-state index is 0.0308. The fourth-order valence-corrected chi connectivity index (χ4v) is 5.15. The smallest absolute Gasteiger partial charge is 0.338 e. The predicted octanol–water partition coefficient (Wildman–Crippen LogP) is 3.65. The summed E-state index contributed by atoms with van der Waals surface area (Å²) in [5.74, 6) is -5.68. The second-order valence-electron chi connectivity index (χ2n) is 8.57. The quantitative estimate of drug-likeness (QED) is 0.438. The van der Waals surface area contributed by atoms with Crippen LogP contribution in [0.1, 0.15) is 30.0 Å². The molecule has 0 spiro atoms. The van der Waals surface area contributed by atoms with Crippen LogP contribution in [0.15, 0.2) is 46.0 Å². The Balaban J connectivity index is 1.71. The van der Waals surface area contributed by atoms with Gasteiger partial charge in [-0.3, -0.25) is 9.89 Å². The summed E-state index contributed by atoms with van der Waals surface area (Å²) in [5, 5.41) is 14.1. The van der Waals surface area contributed by atoms with Crippen LogP contribution in [0.4, 0.5) is 13.2 Å². The molecule has 1 fully saturated rings. The Morgan fingerprint density at radius 1 is 1.37 bits per heavy atom. The first-order valence-corrected chi connectivity index (χ1v) is 12.9. The number of aliphatic imine (C=N–C) groups is 1. The van der Waals surface area contributed by atoms with E-state index >= 15 is 0 Å². The number of piperidine rings is 1. The molecule has 2 N–H and O–H groups in total. The fraction of sp³-hybridized carbons (Fsp3) is 0.417. The number of carbonyl (C=O) groups excluding carboxylic acids is 1. The second kappa shape index (κ2) is 11.8. The van der Waals surface area contributed by atoms with E-state index in [4.69, 9.17) is 26.2 Å². The summed E-state index contributed by atoms with van der Waals surface area (Å²) in [6.45, 7) is 0.147. The van der Waals surface area contributed by atoms with Gasteiger partial charge < -0.3 is 19.9 Å². The highest BCUT2D eigenvalue weighted by Gasteiger charge is 2.46. The van der Waals surface area contributed by atoms with Gasteiger partial charge in [-0.05, 0) is 25.5 Å². The van der Waals surface area contributed by atoms with E-state index < -0.39 is 49.0 Å². The Labute approximate surface area is 224 Å². The number of esters is 1. The molecule has 0 amide bonds. The third-order valence-corrected chi connectivity index (χ3v) is 7.02. The predicted molar refractivity (Wildman–Crippen MR) is 133 cm³/mol. The zero-order valence-corrected chi connectivity index (χ0v) is 21.7. The Hall–Kier alpha value is -3.00. The number of halogens is 4. The van der Waals surface area contributed by atoms with Crippen molar-refractivity contribution < 1.29 is 37.3 Å². The number of carboxylic acid groups (broad SMARTS) is 1. The van der Waals surface area contributed by atoms with E-state index in [1.165, 1.54) is 28.4 Å².